The van der Waals surface area contributed by atoms with Crippen LogP contribution in [0.5, 0.6) is 0 Å². The van der Waals surface area contributed by atoms with E-state index in [2.05, 4.69) is 10.3 Å². The Bertz CT molecular complexity index is 1000. The molecule has 2 aromatic heterocycles. The summed E-state index contributed by atoms with van der Waals surface area (Å²) in [6, 6.07) is 10.8. The van der Waals surface area contributed by atoms with Gasteiger partial charge in [-0.05, 0) is 44.5 Å². The topological polar surface area (TPSA) is 86.4 Å². The number of nitrogens with one attached hydrogen (secondary N) is 1. The van der Waals surface area contributed by atoms with Crippen LogP contribution in [0.15, 0.2) is 57.0 Å². The predicted octanol–water partition coefficient (Wildman–Crippen LogP) is 3.21. The minimum Gasteiger partial charge on any atom is -0.467 e. The number of fused-ring (bicyclic) bond motifs is 1. The number of nitrogens with zero attached hydrogens (tertiary/aromatic N) is 2. The summed E-state index contributed by atoms with van der Waals surface area (Å²) in [6.45, 7) is 5.75. The third-order valence-corrected chi connectivity index (χ3v) is 5.46. The maximum atomic E-state index is 13.0. The summed E-state index contributed by atoms with van der Waals surface area (Å²) in [5.74, 6) is 0.543. The van der Waals surface area contributed by atoms with Crippen molar-refractivity contribution >= 4 is 28.6 Å². The highest BCUT2D eigenvalue weighted by atomic mass is 32.2. The van der Waals surface area contributed by atoms with E-state index in [4.69, 9.17) is 9.15 Å². The van der Waals surface area contributed by atoms with Crippen LogP contribution in [-0.4, -0.2) is 33.9 Å². The first kappa shape index (κ1) is 21.1. The van der Waals surface area contributed by atoms with Crippen LogP contribution in [0.25, 0.3) is 10.9 Å². The molecule has 0 spiro atoms. The maximum absolute atomic E-state index is 13.0. The fourth-order valence-electron chi connectivity index (χ4n) is 2.85. The van der Waals surface area contributed by atoms with Gasteiger partial charge in [-0.15, -0.1) is 0 Å². The lowest BCUT2D eigenvalue weighted by molar-refractivity contribution is -0.120. The zero-order valence-electron chi connectivity index (χ0n) is 16.6. The summed E-state index contributed by atoms with van der Waals surface area (Å²) in [5, 5.41) is 3.53. The van der Waals surface area contributed by atoms with Crippen LogP contribution in [-0.2, 0) is 22.6 Å². The van der Waals surface area contributed by atoms with Gasteiger partial charge in [-0.1, -0.05) is 23.9 Å². The monoisotopic (exact) mass is 415 g/mol. The lowest BCUT2D eigenvalue weighted by Crippen LogP contribution is -2.31. The molecule has 1 atom stereocenters. The Hall–Kier alpha value is -2.58. The summed E-state index contributed by atoms with van der Waals surface area (Å²) in [6.07, 6.45) is 2.26. The number of hydrogen-bond donors (Lipinski definition) is 1. The molecule has 1 aromatic carbocycles. The van der Waals surface area contributed by atoms with Crippen molar-refractivity contribution in [3.05, 3.63) is 58.8 Å². The van der Waals surface area contributed by atoms with Crippen molar-refractivity contribution in [2.24, 2.45) is 0 Å². The molecule has 3 aromatic rings. The standard InChI is InChI=1S/C21H25N3O4S/c1-3-27-12-7-11-24-20(26)17-9-4-5-10-18(17)23-21(24)29-15(2)19(25)22-14-16-8-6-13-28-16/h4-6,8-10,13,15H,3,7,11-12,14H2,1-2H3,(H,22,25)/t15-/m1/s1. The number of aromatic nitrogens is 2. The van der Waals surface area contributed by atoms with E-state index in [-0.39, 0.29) is 11.5 Å². The first-order chi connectivity index (χ1) is 14.1. The van der Waals surface area contributed by atoms with Crippen LogP contribution < -0.4 is 10.9 Å². The van der Waals surface area contributed by atoms with Crippen molar-refractivity contribution in [3.8, 4) is 0 Å². The van der Waals surface area contributed by atoms with E-state index in [1.54, 1.807) is 36.0 Å². The average Bonchev–Trinajstić information content (AvgIpc) is 3.25. The molecule has 0 unspecified atom stereocenters. The number of thioether (sulfide) groups is 1. The van der Waals surface area contributed by atoms with Crippen LogP contribution in [0.4, 0.5) is 0 Å². The molecular formula is C21H25N3O4S. The molecule has 0 aliphatic rings. The first-order valence-electron chi connectivity index (χ1n) is 9.64. The van der Waals surface area contributed by atoms with Gasteiger partial charge in [0.2, 0.25) is 5.91 Å². The molecule has 0 bridgehead atoms. The van der Waals surface area contributed by atoms with Crippen LogP contribution in [0.3, 0.4) is 0 Å². The molecule has 0 saturated carbocycles. The van der Waals surface area contributed by atoms with Gasteiger partial charge >= 0.3 is 0 Å². The number of furan rings is 1. The molecule has 0 aliphatic heterocycles. The Morgan fingerprint density at radius 2 is 2.14 bits per heavy atom. The number of ether oxygens (including phenoxy) is 1. The van der Waals surface area contributed by atoms with Gasteiger partial charge in [-0.25, -0.2) is 4.98 Å². The van der Waals surface area contributed by atoms with Crippen LogP contribution in [0.1, 0.15) is 26.0 Å². The Labute approximate surface area is 173 Å². The van der Waals surface area contributed by atoms with Gasteiger partial charge in [0.25, 0.3) is 5.56 Å². The second-order valence-electron chi connectivity index (χ2n) is 6.48. The van der Waals surface area contributed by atoms with Gasteiger partial charge in [-0.2, -0.15) is 0 Å². The molecule has 8 heteroatoms. The number of hydrogen-bond acceptors (Lipinski definition) is 6. The van der Waals surface area contributed by atoms with Gasteiger partial charge in [0.15, 0.2) is 5.16 Å². The van der Waals surface area contributed by atoms with Crippen LogP contribution in [0, 0.1) is 0 Å². The molecule has 0 radical (unpaired) electrons. The van der Waals surface area contributed by atoms with Crippen molar-refractivity contribution in [2.45, 2.75) is 43.8 Å². The minimum absolute atomic E-state index is 0.0993. The molecule has 7 nitrogen and oxygen atoms in total. The van der Waals surface area contributed by atoms with Gasteiger partial charge < -0.3 is 14.5 Å². The van der Waals surface area contributed by atoms with E-state index in [1.165, 1.54) is 11.8 Å². The predicted molar refractivity (Wildman–Crippen MR) is 113 cm³/mol. The molecule has 3 rings (SSSR count). The Morgan fingerprint density at radius 1 is 1.31 bits per heavy atom. The molecule has 0 fully saturated rings. The lowest BCUT2D eigenvalue weighted by atomic mass is 10.2. The Kier molecular flexibility index (Phi) is 7.48. The molecule has 2 heterocycles. The molecule has 1 N–H and O–H groups in total. The molecule has 1 amide bonds. The molecule has 29 heavy (non-hydrogen) atoms. The van der Waals surface area contributed by atoms with Gasteiger partial charge in [0.05, 0.1) is 29.0 Å². The van der Waals surface area contributed by atoms with Gasteiger partial charge in [0.1, 0.15) is 5.76 Å². The summed E-state index contributed by atoms with van der Waals surface area (Å²) < 4.78 is 12.3. The highest BCUT2D eigenvalue weighted by Crippen LogP contribution is 2.23. The summed E-state index contributed by atoms with van der Waals surface area (Å²) in [5.41, 5.74) is 0.530. The normalized spacial score (nSPS) is 12.2. The van der Waals surface area contributed by atoms with E-state index in [9.17, 15) is 9.59 Å². The summed E-state index contributed by atoms with van der Waals surface area (Å²) >= 11 is 1.28. The Balaban J connectivity index is 1.78. The number of rotatable bonds is 10. The second kappa shape index (κ2) is 10.3. The largest absolute Gasteiger partial charge is 0.467 e. The molecular weight excluding hydrogens is 390 g/mol. The fraction of sp³-hybridized carbons (Fsp3) is 0.381. The number of para-hydroxylation sites is 1. The molecule has 0 saturated heterocycles. The van der Waals surface area contributed by atoms with E-state index in [0.29, 0.717) is 54.5 Å². The third kappa shape index (κ3) is 5.48. The number of amides is 1. The highest BCUT2D eigenvalue weighted by molar-refractivity contribution is 8.00. The third-order valence-electron chi connectivity index (χ3n) is 4.37. The smallest absolute Gasteiger partial charge is 0.262 e. The van der Waals surface area contributed by atoms with E-state index in [1.807, 2.05) is 25.1 Å². The van der Waals surface area contributed by atoms with Crippen molar-refractivity contribution in [1.29, 1.82) is 0 Å². The van der Waals surface area contributed by atoms with E-state index >= 15 is 0 Å². The molecule has 154 valence electrons. The van der Waals surface area contributed by atoms with Crippen LogP contribution in [0.2, 0.25) is 0 Å². The molecule has 0 aliphatic carbocycles. The summed E-state index contributed by atoms with van der Waals surface area (Å²) in [7, 11) is 0. The van der Waals surface area contributed by atoms with E-state index < -0.39 is 5.25 Å². The second-order valence-corrected chi connectivity index (χ2v) is 7.78. The maximum Gasteiger partial charge on any atom is 0.262 e. The van der Waals surface area contributed by atoms with Gasteiger partial charge in [-0.3, -0.25) is 14.2 Å². The summed E-state index contributed by atoms with van der Waals surface area (Å²) in [4.78, 5) is 30.1. The zero-order valence-corrected chi connectivity index (χ0v) is 17.4. The van der Waals surface area contributed by atoms with Crippen molar-refractivity contribution in [1.82, 2.24) is 14.9 Å². The minimum atomic E-state index is -0.420. The van der Waals surface area contributed by atoms with Crippen molar-refractivity contribution in [3.63, 3.8) is 0 Å². The van der Waals surface area contributed by atoms with Crippen molar-refractivity contribution in [2.75, 3.05) is 13.2 Å². The Morgan fingerprint density at radius 3 is 2.90 bits per heavy atom. The quantitative estimate of drug-likeness (QED) is 0.311. The number of carbonyl (C=O) groups excluding carboxylic acids is 1. The number of benzene rings is 1. The fourth-order valence-corrected chi connectivity index (χ4v) is 3.81. The van der Waals surface area contributed by atoms with Gasteiger partial charge in [0, 0.05) is 19.8 Å². The van der Waals surface area contributed by atoms with Crippen molar-refractivity contribution < 1.29 is 13.9 Å². The lowest BCUT2D eigenvalue weighted by Gasteiger charge is -2.16. The first-order valence-corrected chi connectivity index (χ1v) is 10.5. The SMILES string of the molecule is CCOCCCn1c(S[C@H](C)C(=O)NCc2ccco2)nc2ccccc2c1=O. The number of carbonyl (C=O) groups is 1. The average molecular weight is 416 g/mol. The van der Waals surface area contributed by atoms with E-state index in [0.717, 1.165) is 0 Å². The highest BCUT2D eigenvalue weighted by Gasteiger charge is 2.19. The zero-order chi connectivity index (χ0) is 20.6. The van der Waals surface area contributed by atoms with Crippen LogP contribution >= 0.6 is 11.8 Å².